The zero-order chi connectivity index (χ0) is 12.3. The molecule has 2 aromatic rings. The van der Waals surface area contributed by atoms with Gasteiger partial charge in [-0.2, -0.15) is 0 Å². The summed E-state index contributed by atoms with van der Waals surface area (Å²) in [5.41, 5.74) is 0.0704. The van der Waals surface area contributed by atoms with Crippen LogP contribution in [0.3, 0.4) is 0 Å². The highest BCUT2D eigenvalue weighted by Gasteiger charge is 2.04. The van der Waals surface area contributed by atoms with Gasteiger partial charge in [-0.05, 0) is 6.42 Å². The second-order valence-electron chi connectivity index (χ2n) is 4.17. The topological polar surface area (TPSA) is 44.8 Å². The van der Waals surface area contributed by atoms with E-state index in [9.17, 15) is 4.79 Å². The molecule has 92 valence electrons. The van der Waals surface area contributed by atoms with Gasteiger partial charge in [0.25, 0.3) is 0 Å². The van der Waals surface area contributed by atoms with Crippen LogP contribution in [-0.2, 0) is 26.6 Å². The highest BCUT2D eigenvalue weighted by atomic mass is 16.1. The van der Waals surface area contributed by atoms with Crippen molar-refractivity contribution in [2.45, 2.75) is 32.9 Å². The standard InChI is InChI=1S/C12H18N4O/c1-3-6-15-9-10-16(12(15)17)7-4-11-13-5-8-14(11)2/h5,8-10H,3-4,6-7H2,1-2H3. The number of nitrogens with zero attached hydrogens (tertiary/aromatic N) is 4. The van der Waals surface area contributed by atoms with Crippen molar-refractivity contribution in [2.24, 2.45) is 7.05 Å². The fraction of sp³-hybridized carbons (Fsp3) is 0.500. The molecule has 0 saturated heterocycles. The fourth-order valence-corrected chi connectivity index (χ4v) is 1.89. The van der Waals surface area contributed by atoms with E-state index in [1.807, 2.05) is 30.2 Å². The van der Waals surface area contributed by atoms with Crippen LogP contribution in [-0.4, -0.2) is 18.7 Å². The van der Waals surface area contributed by atoms with Crippen molar-refractivity contribution in [3.8, 4) is 0 Å². The summed E-state index contributed by atoms with van der Waals surface area (Å²) in [5.74, 6) is 1.00. The molecule has 5 nitrogen and oxygen atoms in total. The number of hydrogen-bond acceptors (Lipinski definition) is 2. The summed E-state index contributed by atoms with van der Waals surface area (Å²) >= 11 is 0. The van der Waals surface area contributed by atoms with Gasteiger partial charge in [-0.25, -0.2) is 9.78 Å². The maximum Gasteiger partial charge on any atom is 0.328 e. The van der Waals surface area contributed by atoms with E-state index < -0.39 is 0 Å². The molecule has 0 aliphatic carbocycles. The normalized spacial score (nSPS) is 10.9. The van der Waals surface area contributed by atoms with Crippen LogP contribution in [0.5, 0.6) is 0 Å². The van der Waals surface area contributed by atoms with Crippen molar-refractivity contribution in [2.75, 3.05) is 0 Å². The van der Waals surface area contributed by atoms with Crippen LogP contribution < -0.4 is 5.69 Å². The average Bonchev–Trinajstić information content (AvgIpc) is 2.86. The third-order valence-corrected chi connectivity index (χ3v) is 2.88. The zero-order valence-electron chi connectivity index (χ0n) is 10.3. The van der Waals surface area contributed by atoms with Gasteiger partial charge in [0.2, 0.25) is 0 Å². The summed E-state index contributed by atoms with van der Waals surface area (Å²) in [6, 6.07) is 0. The molecule has 0 N–H and O–H groups in total. The molecule has 0 saturated carbocycles. The average molecular weight is 234 g/mol. The van der Waals surface area contributed by atoms with Crippen molar-refractivity contribution in [3.05, 3.63) is 41.1 Å². The van der Waals surface area contributed by atoms with Crippen LogP contribution in [0.15, 0.2) is 29.6 Å². The third-order valence-electron chi connectivity index (χ3n) is 2.88. The molecule has 0 aromatic carbocycles. The molecule has 0 aliphatic rings. The lowest BCUT2D eigenvalue weighted by molar-refractivity contribution is 0.588. The zero-order valence-corrected chi connectivity index (χ0v) is 10.3. The first kappa shape index (κ1) is 11.7. The summed E-state index contributed by atoms with van der Waals surface area (Å²) in [6.07, 6.45) is 9.15. The summed E-state index contributed by atoms with van der Waals surface area (Å²) in [5, 5.41) is 0. The Balaban J connectivity index is 2.05. The van der Waals surface area contributed by atoms with Crippen LogP contribution in [0.4, 0.5) is 0 Å². The Bertz CT molecular complexity index is 535. The molecule has 0 radical (unpaired) electrons. The van der Waals surface area contributed by atoms with Gasteiger partial charge in [0.15, 0.2) is 0 Å². The molecular formula is C12H18N4O. The smallest absolute Gasteiger partial charge is 0.328 e. The third kappa shape index (κ3) is 2.49. The Labute approximate surface area is 100 Å². The number of rotatable bonds is 5. The molecule has 0 unspecified atom stereocenters. The Hall–Kier alpha value is -1.78. The van der Waals surface area contributed by atoms with E-state index in [-0.39, 0.29) is 5.69 Å². The van der Waals surface area contributed by atoms with E-state index in [1.165, 1.54) is 0 Å². The Morgan fingerprint density at radius 3 is 2.47 bits per heavy atom. The number of aryl methyl sites for hydroxylation is 4. The molecule has 0 bridgehead atoms. The van der Waals surface area contributed by atoms with Crippen LogP contribution in [0.1, 0.15) is 19.2 Å². The lowest BCUT2D eigenvalue weighted by Gasteiger charge is -2.02. The lowest BCUT2D eigenvalue weighted by Crippen LogP contribution is -2.25. The second-order valence-corrected chi connectivity index (χ2v) is 4.17. The maximum absolute atomic E-state index is 11.9. The maximum atomic E-state index is 11.9. The van der Waals surface area contributed by atoms with E-state index in [0.29, 0.717) is 6.54 Å². The van der Waals surface area contributed by atoms with E-state index in [4.69, 9.17) is 0 Å². The van der Waals surface area contributed by atoms with Crippen molar-refractivity contribution in [1.29, 1.82) is 0 Å². The molecule has 0 atom stereocenters. The van der Waals surface area contributed by atoms with Crippen molar-refractivity contribution < 1.29 is 0 Å². The van der Waals surface area contributed by atoms with Crippen LogP contribution in [0.25, 0.3) is 0 Å². The van der Waals surface area contributed by atoms with Gasteiger partial charge in [-0.3, -0.25) is 9.13 Å². The van der Waals surface area contributed by atoms with Gasteiger partial charge < -0.3 is 4.57 Å². The highest BCUT2D eigenvalue weighted by molar-refractivity contribution is 4.92. The second kappa shape index (κ2) is 5.03. The fourth-order valence-electron chi connectivity index (χ4n) is 1.89. The SMILES string of the molecule is CCCn1ccn(CCc2nccn2C)c1=O. The van der Waals surface area contributed by atoms with Crippen molar-refractivity contribution >= 4 is 0 Å². The molecule has 2 rings (SSSR count). The number of aromatic nitrogens is 4. The van der Waals surface area contributed by atoms with Crippen molar-refractivity contribution in [1.82, 2.24) is 18.7 Å². The molecule has 2 aromatic heterocycles. The van der Waals surface area contributed by atoms with Gasteiger partial charge in [0, 0.05) is 51.3 Å². The molecule has 5 heteroatoms. The number of hydrogen-bond donors (Lipinski definition) is 0. The van der Waals surface area contributed by atoms with E-state index in [2.05, 4.69) is 11.9 Å². The van der Waals surface area contributed by atoms with Crippen molar-refractivity contribution in [3.63, 3.8) is 0 Å². The van der Waals surface area contributed by atoms with Crippen LogP contribution in [0.2, 0.25) is 0 Å². The summed E-state index contributed by atoms with van der Waals surface area (Å²) in [6.45, 7) is 3.53. The van der Waals surface area contributed by atoms with E-state index >= 15 is 0 Å². The minimum atomic E-state index is 0.0704. The first-order valence-electron chi connectivity index (χ1n) is 5.94. The predicted molar refractivity (Wildman–Crippen MR) is 65.9 cm³/mol. The quantitative estimate of drug-likeness (QED) is 0.775. The van der Waals surface area contributed by atoms with E-state index in [0.717, 1.165) is 25.2 Å². The Morgan fingerprint density at radius 1 is 1.18 bits per heavy atom. The molecule has 0 spiro atoms. The minimum absolute atomic E-state index is 0.0704. The van der Waals surface area contributed by atoms with Gasteiger partial charge >= 0.3 is 5.69 Å². The van der Waals surface area contributed by atoms with E-state index in [1.54, 1.807) is 15.3 Å². The summed E-state index contributed by atoms with van der Waals surface area (Å²) in [7, 11) is 1.97. The van der Waals surface area contributed by atoms with Gasteiger partial charge in [-0.1, -0.05) is 6.92 Å². The first-order valence-corrected chi connectivity index (χ1v) is 5.94. The lowest BCUT2D eigenvalue weighted by atomic mass is 10.4. The highest BCUT2D eigenvalue weighted by Crippen LogP contribution is 1.97. The minimum Gasteiger partial charge on any atom is -0.338 e. The predicted octanol–water partition coefficient (Wildman–Crippen LogP) is 1.04. The van der Waals surface area contributed by atoms with Gasteiger partial charge in [-0.15, -0.1) is 0 Å². The molecule has 0 fully saturated rings. The van der Waals surface area contributed by atoms with Gasteiger partial charge in [0.1, 0.15) is 5.82 Å². The van der Waals surface area contributed by atoms with Gasteiger partial charge in [0.05, 0.1) is 0 Å². The molecular weight excluding hydrogens is 216 g/mol. The first-order chi connectivity index (χ1) is 8.22. The van der Waals surface area contributed by atoms with Crippen LogP contribution in [0, 0.1) is 0 Å². The molecule has 17 heavy (non-hydrogen) atoms. The van der Waals surface area contributed by atoms with Crippen LogP contribution >= 0.6 is 0 Å². The molecule has 0 aliphatic heterocycles. The molecule has 0 amide bonds. The number of imidazole rings is 2. The summed E-state index contributed by atoms with van der Waals surface area (Å²) in [4.78, 5) is 16.1. The Morgan fingerprint density at radius 2 is 1.88 bits per heavy atom. The Kier molecular flexibility index (Phi) is 3.46. The largest absolute Gasteiger partial charge is 0.338 e. The summed E-state index contributed by atoms with van der Waals surface area (Å²) < 4.78 is 5.47. The molecule has 2 heterocycles. The monoisotopic (exact) mass is 234 g/mol.